The van der Waals surface area contributed by atoms with Crippen LogP contribution in [0.3, 0.4) is 0 Å². The molecule has 4 rings (SSSR count). The molecule has 10 heteroatoms. The smallest absolute Gasteiger partial charge is 0.416 e. The number of carbonyl (C=O) groups excluding carboxylic acids is 1. The van der Waals surface area contributed by atoms with Gasteiger partial charge in [-0.2, -0.15) is 13.2 Å². The van der Waals surface area contributed by atoms with Gasteiger partial charge in [-0.25, -0.2) is 0 Å². The van der Waals surface area contributed by atoms with E-state index >= 15 is 0 Å². The van der Waals surface area contributed by atoms with Crippen LogP contribution in [0.5, 0.6) is 5.75 Å². The molecule has 1 aromatic heterocycles. The predicted octanol–water partition coefficient (Wildman–Crippen LogP) is 6.15. The Balaban J connectivity index is 1.37. The molecule has 0 saturated heterocycles. The third-order valence-corrected chi connectivity index (χ3v) is 6.51. The van der Waals surface area contributed by atoms with Crippen LogP contribution in [0.4, 0.5) is 13.2 Å². The molecule has 0 spiro atoms. The molecule has 0 aliphatic heterocycles. The van der Waals surface area contributed by atoms with Crippen molar-refractivity contribution in [1.82, 2.24) is 20.1 Å². The van der Waals surface area contributed by atoms with Gasteiger partial charge in [-0.05, 0) is 48.4 Å². The van der Waals surface area contributed by atoms with Crippen molar-refractivity contribution in [2.24, 2.45) is 0 Å². The normalized spacial score (nSPS) is 11.4. The number of ether oxygens (including phenoxy) is 1. The summed E-state index contributed by atoms with van der Waals surface area (Å²) >= 11 is 1.48. The second kappa shape index (κ2) is 12.0. The standard InChI is InChI=1S/C27H25F3N4O2S/c1-36-23-13-6-9-20(17-23)25-32-33-26(34(25)22-11-3-2-4-12-22)37-15-7-14-24(35)31-18-19-8-5-10-21(16-19)27(28,29)30/h2-6,8-13,16-17H,7,14-15,18H2,1H3,(H,31,35). The fraction of sp³-hybridized carbons (Fsp3) is 0.222. The van der Waals surface area contributed by atoms with Crippen LogP contribution in [-0.4, -0.2) is 33.5 Å². The average Bonchev–Trinajstić information content (AvgIpc) is 3.34. The van der Waals surface area contributed by atoms with E-state index in [0.717, 1.165) is 23.4 Å². The Kier molecular flexibility index (Phi) is 8.50. The zero-order valence-corrected chi connectivity index (χ0v) is 20.9. The van der Waals surface area contributed by atoms with Gasteiger partial charge in [0.15, 0.2) is 11.0 Å². The Bertz CT molecular complexity index is 1340. The van der Waals surface area contributed by atoms with Gasteiger partial charge < -0.3 is 10.1 Å². The highest BCUT2D eigenvalue weighted by atomic mass is 32.2. The van der Waals surface area contributed by atoms with Crippen LogP contribution in [0.15, 0.2) is 84.0 Å². The summed E-state index contributed by atoms with van der Waals surface area (Å²) in [6, 6.07) is 22.3. The Morgan fingerprint density at radius 1 is 1.00 bits per heavy atom. The second-order valence-corrected chi connectivity index (χ2v) is 9.20. The number of nitrogens with zero attached hydrogens (tertiary/aromatic N) is 3. The molecule has 0 fully saturated rings. The average molecular weight is 527 g/mol. The lowest BCUT2D eigenvalue weighted by atomic mass is 10.1. The van der Waals surface area contributed by atoms with Gasteiger partial charge in [0.25, 0.3) is 0 Å². The quantitative estimate of drug-likeness (QED) is 0.198. The van der Waals surface area contributed by atoms with Crippen LogP contribution >= 0.6 is 11.8 Å². The third-order valence-electron chi connectivity index (χ3n) is 5.50. The number of halogens is 3. The maximum Gasteiger partial charge on any atom is 0.416 e. The lowest BCUT2D eigenvalue weighted by molar-refractivity contribution is -0.137. The first kappa shape index (κ1) is 26.3. The molecule has 0 saturated carbocycles. The van der Waals surface area contributed by atoms with E-state index in [9.17, 15) is 18.0 Å². The number of amides is 1. The fourth-order valence-electron chi connectivity index (χ4n) is 3.67. The van der Waals surface area contributed by atoms with Crippen LogP contribution in [0.1, 0.15) is 24.0 Å². The molecule has 4 aromatic rings. The van der Waals surface area contributed by atoms with Gasteiger partial charge in [-0.3, -0.25) is 9.36 Å². The minimum absolute atomic E-state index is 0.0438. The Hall–Kier alpha value is -3.79. The van der Waals surface area contributed by atoms with Crippen molar-refractivity contribution in [3.05, 3.63) is 90.0 Å². The molecular weight excluding hydrogens is 501 g/mol. The lowest BCUT2D eigenvalue weighted by Crippen LogP contribution is -2.22. The molecule has 0 unspecified atom stereocenters. The van der Waals surface area contributed by atoms with Gasteiger partial charge in [-0.1, -0.05) is 54.2 Å². The number of thioether (sulfide) groups is 1. The van der Waals surface area contributed by atoms with Crippen LogP contribution < -0.4 is 10.1 Å². The molecule has 3 aromatic carbocycles. The summed E-state index contributed by atoms with van der Waals surface area (Å²) in [5, 5.41) is 12.2. The minimum atomic E-state index is -4.41. The van der Waals surface area contributed by atoms with E-state index in [-0.39, 0.29) is 18.9 Å². The largest absolute Gasteiger partial charge is 0.497 e. The topological polar surface area (TPSA) is 69.0 Å². The van der Waals surface area contributed by atoms with Gasteiger partial charge >= 0.3 is 6.18 Å². The third kappa shape index (κ3) is 6.91. The SMILES string of the molecule is COc1cccc(-c2nnc(SCCCC(=O)NCc3cccc(C(F)(F)F)c3)n2-c2ccccc2)c1. The number of nitrogens with one attached hydrogen (secondary N) is 1. The van der Waals surface area contributed by atoms with E-state index in [1.165, 1.54) is 17.8 Å². The number of benzene rings is 3. The lowest BCUT2D eigenvalue weighted by Gasteiger charge is -2.11. The first-order chi connectivity index (χ1) is 17.8. The molecule has 0 bridgehead atoms. The zero-order chi connectivity index (χ0) is 26.3. The molecule has 0 radical (unpaired) electrons. The van der Waals surface area contributed by atoms with Gasteiger partial charge in [0.2, 0.25) is 5.91 Å². The van der Waals surface area contributed by atoms with E-state index in [1.54, 1.807) is 13.2 Å². The summed E-state index contributed by atoms with van der Waals surface area (Å²) in [7, 11) is 1.61. The molecule has 0 atom stereocenters. The van der Waals surface area contributed by atoms with E-state index in [4.69, 9.17) is 4.74 Å². The van der Waals surface area contributed by atoms with Gasteiger partial charge in [0.1, 0.15) is 5.75 Å². The molecular formula is C27H25F3N4O2S. The number of alkyl halides is 3. The monoisotopic (exact) mass is 526 g/mol. The van der Waals surface area contributed by atoms with Gasteiger partial charge in [0.05, 0.1) is 12.7 Å². The maximum absolute atomic E-state index is 12.9. The van der Waals surface area contributed by atoms with Crippen molar-refractivity contribution in [3.63, 3.8) is 0 Å². The van der Waals surface area contributed by atoms with E-state index in [1.807, 2.05) is 59.2 Å². The minimum Gasteiger partial charge on any atom is -0.497 e. The van der Waals surface area contributed by atoms with Crippen molar-refractivity contribution in [1.29, 1.82) is 0 Å². The van der Waals surface area contributed by atoms with Crippen molar-refractivity contribution in [2.75, 3.05) is 12.9 Å². The summed E-state index contributed by atoms with van der Waals surface area (Å²) in [6.45, 7) is 0.0438. The summed E-state index contributed by atoms with van der Waals surface area (Å²) in [4.78, 5) is 12.3. The maximum atomic E-state index is 12.9. The molecule has 0 aliphatic carbocycles. The van der Waals surface area contributed by atoms with E-state index in [0.29, 0.717) is 34.5 Å². The number of carbonyl (C=O) groups is 1. The second-order valence-electron chi connectivity index (χ2n) is 8.14. The number of rotatable bonds is 10. The van der Waals surface area contributed by atoms with Crippen LogP contribution in [0.25, 0.3) is 17.1 Å². The fourth-order valence-corrected chi connectivity index (χ4v) is 4.56. The number of aromatic nitrogens is 3. The molecule has 192 valence electrons. The van der Waals surface area contributed by atoms with Crippen LogP contribution in [-0.2, 0) is 17.5 Å². The highest BCUT2D eigenvalue weighted by molar-refractivity contribution is 7.99. The number of hydrogen-bond donors (Lipinski definition) is 1. The molecule has 0 aliphatic rings. The first-order valence-electron chi connectivity index (χ1n) is 11.6. The molecule has 1 N–H and O–H groups in total. The Morgan fingerprint density at radius 2 is 1.78 bits per heavy atom. The molecule has 6 nitrogen and oxygen atoms in total. The first-order valence-corrected chi connectivity index (χ1v) is 12.5. The number of methoxy groups -OCH3 is 1. The molecule has 1 heterocycles. The highest BCUT2D eigenvalue weighted by Crippen LogP contribution is 2.31. The van der Waals surface area contributed by atoms with Crippen LogP contribution in [0, 0.1) is 0 Å². The predicted molar refractivity (Wildman–Crippen MR) is 137 cm³/mol. The Labute approximate surface area is 216 Å². The summed E-state index contributed by atoms with van der Waals surface area (Å²) in [5.74, 6) is 1.77. The summed E-state index contributed by atoms with van der Waals surface area (Å²) in [5.41, 5.74) is 1.44. The zero-order valence-electron chi connectivity index (χ0n) is 20.0. The van der Waals surface area contributed by atoms with Crippen molar-refractivity contribution in [2.45, 2.75) is 30.7 Å². The van der Waals surface area contributed by atoms with Crippen molar-refractivity contribution < 1.29 is 22.7 Å². The molecule has 37 heavy (non-hydrogen) atoms. The number of para-hydroxylation sites is 1. The van der Waals surface area contributed by atoms with Gasteiger partial charge in [0, 0.05) is 30.0 Å². The van der Waals surface area contributed by atoms with Crippen molar-refractivity contribution >= 4 is 17.7 Å². The van der Waals surface area contributed by atoms with E-state index < -0.39 is 11.7 Å². The highest BCUT2D eigenvalue weighted by Gasteiger charge is 2.30. The Morgan fingerprint density at radius 3 is 2.54 bits per heavy atom. The number of hydrogen-bond acceptors (Lipinski definition) is 5. The molecule has 1 amide bonds. The van der Waals surface area contributed by atoms with E-state index in [2.05, 4.69) is 15.5 Å². The van der Waals surface area contributed by atoms with Crippen molar-refractivity contribution in [3.8, 4) is 22.8 Å². The van der Waals surface area contributed by atoms with Crippen LogP contribution in [0.2, 0.25) is 0 Å². The summed E-state index contributed by atoms with van der Waals surface area (Å²) in [6.07, 6.45) is -3.60. The van der Waals surface area contributed by atoms with Gasteiger partial charge in [-0.15, -0.1) is 10.2 Å². The summed E-state index contributed by atoms with van der Waals surface area (Å²) < 4.78 is 45.9.